The third kappa shape index (κ3) is 3.79. The van der Waals surface area contributed by atoms with E-state index in [1.165, 1.54) is 13.1 Å². The van der Waals surface area contributed by atoms with Crippen LogP contribution in [0.25, 0.3) is 0 Å². The number of carbonyl (C=O) groups is 1. The number of piperidine rings is 1. The van der Waals surface area contributed by atoms with Crippen LogP contribution in [0.4, 0.5) is 11.5 Å². The Hall–Kier alpha value is -3.23. The van der Waals surface area contributed by atoms with Crippen LogP contribution in [0.3, 0.4) is 0 Å². The van der Waals surface area contributed by atoms with Gasteiger partial charge in [0.15, 0.2) is 11.5 Å². The molecule has 0 spiro atoms. The van der Waals surface area contributed by atoms with Crippen molar-refractivity contribution in [3.63, 3.8) is 0 Å². The van der Waals surface area contributed by atoms with Gasteiger partial charge in [-0.25, -0.2) is 4.79 Å². The van der Waals surface area contributed by atoms with Gasteiger partial charge in [0.25, 0.3) is 5.56 Å². The van der Waals surface area contributed by atoms with Crippen molar-refractivity contribution in [1.82, 2.24) is 9.13 Å². The molecule has 4 rings (SSSR count). The van der Waals surface area contributed by atoms with Gasteiger partial charge in [-0.3, -0.25) is 18.7 Å². The monoisotopic (exact) mass is 414 g/mol. The van der Waals surface area contributed by atoms with Crippen LogP contribution in [0.5, 0.6) is 11.5 Å². The van der Waals surface area contributed by atoms with Crippen molar-refractivity contribution in [3.05, 3.63) is 45.1 Å². The van der Waals surface area contributed by atoms with Crippen LogP contribution < -0.4 is 30.9 Å². The minimum atomic E-state index is -0.345. The van der Waals surface area contributed by atoms with E-state index >= 15 is 0 Å². The molecule has 3 heterocycles. The highest BCUT2D eigenvalue weighted by molar-refractivity contribution is 5.93. The van der Waals surface area contributed by atoms with Crippen LogP contribution in [0.2, 0.25) is 0 Å². The number of aromatic nitrogens is 2. The second-order valence-electron chi connectivity index (χ2n) is 7.56. The second-order valence-corrected chi connectivity index (χ2v) is 7.56. The molecular weight excluding hydrogens is 388 g/mol. The Labute approximate surface area is 173 Å². The minimum absolute atomic E-state index is 0.0920. The van der Waals surface area contributed by atoms with E-state index in [2.05, 4.69) is 5.32 Å². The third-order valence-corrected chi connectivity index (χ3v) is 5.62. The number of nitrogens with one attached hydrogen (secondary N) is 1. The molecule has 2 aromatic rings. The van der Waals surface area contributed by atoms with Crippen LogP contribution in [0.15, 0.2) is 33.9 Å². The zero-order valence-corrected chi connectivity index (χ0v) is 17.2. The summed E-state index contributed by atoms with van der Waals surface area (Å²) in [5.41, 5.74) is -0.0363. The Morgan fingerprint density at radius 3 is 2.70 bits per heavy atom. The summed E-state index contributed by atoms with van der Waals surface area (Å²) in [5, 5.41) is 2.96. The smallest absolute Gasteiger partial charge is 0.332 e. The molecule has 0 aliphatic carbocycles. The van der Waals surface area contributed by atoms with Gasteiger partial charge in [-0.2, -0.15) is 0 Å². The number of anilines is 2. The van der Waals surface area contributed by atoms with Gasteiger partial charge in [0.2, 0.25) is 5.91 Å². The molecule has 1 saturated heterocycles. The SMILES string of the molecule is CCn1c(N2CCCC(C(=O)Nc3ccc4c(c3)OCCO4)C2)cc(=O)n(C)c1=O. The van der Waals surface area contributed by atoms with Gasteiger partial charge in [-0.1, -0.05) is 0 Å². The molecule has 2 aliphatic heterocycles. The van der Waals surface area contributed by atoms with Crippen molar-refractivity contribution < 1.29 is 14.3 Å². The summed E-state index contributed by atoms with van der Waals surface area (Å²) in [6, 6.07) is 6.83. The summed E-state index contributed by atoms with van der Waals surface area (Å²) < 4.78 is 13.8. The fourth-order valence-electron chi connectivity index (χ4n) is 3.98. The highest BCUT2D eigenvalue weighted by Gasteiger charge is 2.28. The van der Waals surface area contributed by atoms with Crippen LogP contribution in [0.1, 0.15) is 19.8 Å². The maximum absolute atomic E-state index is 12.9. The van der Waals surface area contributed by atoms with Crippen LogP contribution in [0, 0.1) is 5.92 Å². The largest absolute Gasteiger partial charge is 0.486 e. The van der Waals surface area contributed by atoms with Crippen LogP contribution in [-0.2, 0) is 18.4 Å². The number of benzene rings is 1. The number of amides is 1. The number of rotatable bonds is 4. The standard InChI is InChI=1S/C21H26N4O5/c1-3-25-18(12-19(26)23(2)21(25)28)24-8-4-5-14(13-24)20(27)22-15-6-7-16-17(11-15)30-10-9-29-16/h6-7,11-12,14H,3-5,8-10,13H2,1-2H3,(H,22,27). The molecule has 1 amide bonds. The van der Waals surface area contributed by atoms with Crippen molar-refractivity contribution in [2.24, 2.45) is 13.0 Å². The number of hydrogen-bond acceptors (Lipinski definition) is 6. The summed E-state index contributed by atoms with van der Waals surface area (Å²) in [7, 11) is 1.47. The summed E-state index contributed by atoms with van der Waals surface area (Å²) in [4.78, 5) is 39.5. The molecule has 1 fully saturated rings. The summed E-state index contributed by atoms with van der Waals surface area (Å²) in [6.45, 7) is 4.46. The lowest BCUT2D eigenvalue weighted by Crippen LogP contribution is -2.46. The molecule has 1 N–H and O–H groups in total. The molecule has 160 valence electrons. The molecule has 9 heteroatoms. The Morgan fingerprint density at radius 1 is 1.17 bits per heavy atom. The second kappa shape index (κ2) is 8.25. The molecular formula is C21H26N4O5. The third-order valence-electron chi connectivity index (χ3n) is 5.62. The molecule has 30 heavy (non-hydrogen) atoms. The quantitative estimate of drug-likeness (QED) is 0.808. The number of carbonyl (C=O) groups excluding carboxylic acids is 1. The van der Waals surface area contributed by atoms with E-state index in [4.69, 9.17) is 9.47 Å². The lowest BCUT2D eigenvalue weighted by atomic mass is 9.97. The van der Waals surface area contributed by atoms with Gasteiger partial charge in [-0.05, 0) is 31.9 Å². The lowest BCUT2D eigenvalue weighted by molar-refractivity contribution is -0.120. The first kappa shape index (κ1) is 20.1. The van der Waals surface area contributed by atoms with E-state index in [1.807, 2.05) is 11.8 Å². The molecule has 1 unspecified atom stereocenters. The summed E-state index contributed by atoms with van der Waals surface area (Å²) in [6.07, 6.45) is 1.54. The first-order valence-electron chi connectivity index (χ1n) is 10.2. The fourth-order valence-corrected chi connectivity index (χ4v) is 3.98. The van der Waals surface area contributed by atoms with E-state index in [1.54, 1.807) is 22.8 Å². The molecule has 0 radical (unpaired) electrons. The van der Waals surface area contributed by atoms with E-state index in [0.29, 0.717) is 55.9 Å². The van der Waals surface area contributed by atoms with E-state index in [-0.39, 0.29) is 23.1 Å². The van der Waals surface area contributed by atoms with Crippen LogP contribution >= 0.6 is 0 Å². The molecule has 1 aromatic heterocycles. The first-order chi connectivity index (χ1) is 14.5. The van der Waals surface area contributed by atoms with Crippen molar-refractivity contribution in [2.75, 3.05) is 36.5 Å². The van der Waals surface area contributed by atoms with Gasteiger partial charge in [-0.15, -0.1) is 0 Å². The normalized spacial score (nSPS) is 18.2. The molecule has 1 aromatic carbocycles. The van der Waals surface area contributed by atoms with Crippen molar-refractivity contribution in [2.45, 2.75) is 26.3 Å². The van der Waals surface area contributed by atoms with Gasteiger partial charge in [0.05, 0.1) is 5.92 Å². The molecule has 0 saturated carbocycles. The minimum Gasteiger partial charge on any atom is -0.486 e. The average Bonchev–Trinajstić information content (AvgIpc) is 2.77. The summed E-state index contributed by atoms with van der Waals surface area (Å²) in [5.74, 6) is 1.52. The number of fused-ring (bicyclic) bond motifs is 1. The zero-order valence-electron chi connectivity index (χ0n) is 17.2. The lowest BCUT2D eigenvalue weighted by Gasteiger charge is -2.34. The highest BCUT2D eigenvalue weighted by atomic mass is 16.6. The Morgan fingerprint density at radius 2 is 1.93 bits per heavy atom. The maximum Gasteiger partial charge on any atom is 0.332 e. The van der Waals surface area contributed by atoms with Crippen molar-refractivity contribution in [1.29, 1.82) is 0 Å². The Bertz CT molecular complexity index is 1070. The number of hydrogen-bond donors (Lipinski definition) is 1. The van der Waals surface area contributed by atoms with E-state index < -0.39 is 0 Å². The predicted octanol–water partition coefficient (Wildman–Crippen LogP) is 1.19. The topological polar surface area (TPSA) is 94.8 Å². The number of nitrogens with zero attached hydrogens (tertiary/aromatic N) is 3. The van der Waals surface area contributed by atoms with Crippen molar-refractivity contribution >= 4 is 17.4 Å². The van der Waals surface area contributed by atoms with Gasteiger partial charge in [0, 0.05) is 44.5 Å². The molecule has 2 aliphatic rings. The maximum atomic E-state index is 12.9. The Balaban J connectivity index is 1.51. The van der Waals surface area contributed by atoms with E-state index in [9.17, 15) is 14.4 Å². The average molecular weight is 414 g/mol. The highest BCUT2D eigenvalue weighted by Crippen LogP contribution is 2.33. The number of ether oxygens (including phenoxy) is 2. The van der Waals surface area contributed by atoms with E-state index in [0.717, 1.165) is 17.4 Å². The van der Waals surface area contributed by atoms with Crippen LogP contribution in [-0.4, -0.2) is 41.3 Å². The molecule has 0 bridgehead atoms. The van der Waals surface area contributed by atoms with Gasteiger partial charge < -0.3 is 19.7 Å². The Kier molecular flexibility index (Phi) is 5.52. The fraction of sp³-hybridized carbons (Fsp3) is 0.476. The predicted molar refractivity (Wildman–Crippen MR) is 113 cm³/mol. The van der Waals surface area contributed by atoms with Gasteiger partial charge in [0.1, 0.15) is 19.0 Å². The molecule has 1 atom stereocenters. The first-order valence-corrected chi connectivity index (χ1v) is 10.2. The molecule has 9 nitrogen and oxygen atoms in total. The summed E-state index contributed by atoms with van der Waals surface area (Å²) >= 11 is 0. The zero-order chi connectivity index (χ0) is 21.3. The van der Waals surface area contributed by atoms with Gasteiger partial charge >= 0.3 is 5.69 Å². The van der Waals surface area contributed by atoms with Crippen molar-refractivity contribution in [3.8, 4) is 11.5 Å².